The lowest BCUT2D eigenvalue weighted by Crippen LogP contribution is -2.37. The number of carbonyl (C=O) groups excluding carboxylic acids is 1. The average molecular weight is 434 g/mol. The van der Waals surface area contributed by atoms with Crippen LogP contribution in [-0.2, 0) is 11.0 Å². The number of amides is 1. The summed E-state index contributed by atoms with van der Waals surface area (Å²) in [5, 5.41) is 6.21. The minimum Gasteiger partial charge on any atom is -0.372 e. The van der Waals surface area contributed by atoms with Crippen LogP contribution in [0.3, 0.4) is 0 Å². The number of likely N-dealkylation sites (N-methyl/N-ethyl adjacent to an activating group) is 1. The lowest BCUT2D eigenvalue weighted by Gasteiger charge is -2.28. The van der Waals surface area contributed by atoms with Crippen LogP contribution in [0.15, 0.2) is 24.3 Å². The summed E-state index contributed by atoms with van der Waals surface area (Å²) < 4.78 is 38.4. The molecule has 0 radical (unpaired) electrons. The van der Waals surface area contributed by atoms with Gasteiger partial charge in [-0.2, -0.15) is 18.2 Å². The first-order valence-corrected chi connectivity index (χ1v) is 10.2. The van der Waals surface area contributed by atoms with Gasteiger partial charge < -0.3 is 20.4 Å². The fourth-order valence-electron chi connectivity index (χ4n) is 4.23. The Morgan fingerprint density at radius 2 is 1.90 bits per heavy atom. The molecular weight excluding hydrogens is 409 g/mol. The van der Waals surface area contributed by atoms with Gasteiger partial charge in [0.25, 0.3) is 0 Å². The van der Waals surface area contributed by atoms with Gasteiger partial charge in [0.2, 0.25) is 11.9 Å². The number of nitrogens with zero attached hydrogens (tertiary/aromatic N) is 4. The normalized spacial score (nSPS) is 21.0. The van der Waals surface area contributed by atoms with Crippen LogP contribution in [0.2, 0.25) is 0 Å². The van der Waals surface area contributed by atoms with Crippen molar-refractivity contribution in [3.63, 3.8) is 0 Å². The van der Waals surface area contributed by atoms with E-state index in [1.807, 2.05) is 25.9 Å². The Morgan fingerprint density at radius 3 is 2.58 bits per heavy atom. The standard InChI is InChI=1S/C21H25F3N6O/c1-12-18-19(29(2)11-17(31)27-18)28-20(25-12)26-14-6-9-16(10-14)30(3)15-7-4-13(5-8-15)21(22,23)24/h4-5,7-8,14,16H,6,9-11H2,1-3H3,(H,27,31)(H,25,26,28)/t14-,16-/m1/s1. The first-order chi connectivity index (χ1) is 14.6. The Hall–Kier alpha value is -3.04. The second-order valence-electron chi connectivity index (χ2n) is 8.20. The summed E-state index contributed by atoms with van der Waals surface area (Å²) in [6.45, 7) is 2.08. The van der Waals surface area contributed by atoms with Crippen LogP contribution in [0, 0.1) is 6.92 Å². The molecule has 2 atom stereocenters. The number of anilines is 4. The number of alkyl halides is 3. The molecule has 166 valence electrons. The van der Waals surface area contributed by atoms with Crippen molar-refractivity contribution in [2.45, 2.75) is 44.4 Å². The van der Waals surface area contributed by atoms with Crippen molar-refractivity contribution in [1.82, 2.24) is 9.97 Å². The molecule has 4 rings (SSSR count). The molecule has 10 heteroatoms. The molecule has 2 N–H and O–H groups in total. The molecule has 0 unspecified atom stereocenters. The minimum absolute atomic E-state index is 0.0904. The molecule has 0 saturated heterocycles. The van der Waals surface area contributed by atoms with Crippen LogP contribution in [0.5, 0.6) is 0 Å². The van der Waals surface area contributed by atoms with Crippen molar-refractivity contribution in [3.8, 4) is 0 Å². The quantitative estimate of drug-likeness (QED) is 0.765. The Kier molecular flexibility index (Phi) is 5.40. The molecule has 2 heterocycles. The van der Waals surface area contributed by atoms with Gasteiger partial charge in [0, 0.05) is 31.9 Å². The minimum atomic E-state index is -4.33. The summed E-state index contributed by atoms with van der Waals surface area (Å²) in [6, 6.07) is 5.64. The van der Waals surface area contributed by atoms with Crippen LogP contribution in [0.1, 0.15) is 30.5 Å². The van der Waals surface area contributed by atoms with Crippen LogP contribution in [0.4, 0.5) is 36.3 Å². The van der Waals surface area contributed by atoms with E-state index in [1.165, 1.54) is 12.1 Å². The van der Waals surface area contributed by atoms with Gasteiger partial charge in [0.05, 0.1) is 17.8 Å². The number of fused-ring (bicyclic) bond motifs is 1. The number of aromatic nitrogens is 2. The van der Waals surface area contributed by atoms with Crippen molar-refractivity contribution in [3.05, 3.63) is 35.5 Å². The van der Waals surface area contributed by atoms with Crippen LogP contribution in [0.25, 0.3) is 0 Å². The van der Waals surface area contributed by atoms with Crippen molar-refractivity contribution in [1.29, 1.82) is 0 Å². The van der Waals surface area contributed by atoms with Crippen molar-refractivity contribution >= 4 is 29.0 Å². The number of carbonyl (C=O) groups is 1. The zero-order chi connectivity index (χ0) is 22.3. The fourth-order valence-corrected chi connectivity index (χ4v) is 4.23. The average Bonchev–Trinajstić information content (AvgIpc) is 3.16. The molecule has 2 aromatic rings. The highest BCUT2D eigenvalue weighted by atomic mass is 19.4. The summed E-state index contributed by atoms with van der Waals surface area (Å²) in [4.78, 5) is 24.7. The lowest BCUT2D eigenvalue weighted by molar-refractivity contribution is -0.137. The highest BCUT2D eigenvalue weighted by Crippen LogP contribution is 2.34. The summed E-state index contributed by atoms with van der Waals surface area (Å²) in [6.07, 6.45) is -1.69. The van der Waals surface area contributed by atoms with E-state index in [1.54, 1.807) is 4.90 Å². The van der Waals surface area contributed by atoms with Gasteiger partial charge in [-0.15, -0.1) is 0 Å². The van der Waals surface area contributed by atoms with E-state index in [2.05, 4.69) is 20.6 Å². The van der Waals surface area contributed by atoms with Gasteiger partial charge in [-0.25, -0.2) is 4.98 Å². The fraction of sp³-hybridized carbons (Fsp3) is 0.476. The van der Waals surface area contributed by atoms with Gasteiger partial charge in [-0.1, -0.05) is 0 Å². The predicted octanol–water partition coefficient (Wildman–Crippen LogP) is 3.66. The Morgan fingerprint density at radius 1 is 1.19 bits per heavy atom. The van der Waals surface area contributed by atoms with E-state index >= 15 is 0 Å². The van der Waals surface area contributed by atoms with Gasteiger partial charge >= 0.3 is 6.18 Å². The van der Waals surface area contributed by atoms with Gasteiger partial charge in [0.1, 0.15) is 5.69 Å². The zero-order valence-corrected chi connectivity index (χ0v) is 17.6. The lowest BCUT2D eigenvalue weighted by atomic mass is 10.1. The number of hydrogen-bond donors (Lipinski definition) is 2. The molecule has 1 aliphatic heterocycles. The Balaban J connectivity index is 1.42. The maximum atomic E-state index is 12.8. The summed E-state index contributed by atoms with van der Waals surface area (Å²) in [7, 11) is 3.73. The van der Waals surface area contributed by atoms with E-state index in [0.717, 1.165) is 37.1 Å². The molecular formula is C21H25F3N6O. The van der Waals surface area contributed by atoms with Crippen molar-refractivity contribution < 1.29 is 18.0 Å². The second kappa shape index (κ2) is 7.90. The van der Waals surface area contributed by atoms with Crippen molar-refractivity contribution in [2.75, 3.05) is 41.1 Å². The molecule has 1 aliphatic carbocycles. The first kappa shape index (κ1) is 21.2. The largest absolute Gasteiger partial charge is 0.416 e. The maximum Gasteiger partial charge on any atom is 0.416 e. The number of nitrogens with one attached hydrogen (secondary N) is 2. The number of hydrogen-bond acceptors (Lipinski definition) is 6. The molecule has 0 spiro atoms. The summed E-state index contributed by atoms with van der Waals surface area (Å²) in [5.41, 5.74) is 1.45. The number of halogens is 3. The van der Waals surface area contributed by atoms with E-state index in [-0.39, 0.29) is 24.5 Å². The van der Waals surface area contributed by atoms with E-state index in [0.29, 0.717) is 23.1 Å². The molecule has 31 heavy (non-hydrogen) atoms. The Labute approximate surface area is 178 Å². The summed E-state index contributed by atoms with van der Waals surface area (Å²) >= 11 is 0. The highest BCUT2D eigenvalue weighted by Gasteiger charge is 2.32. The molecule has 1 saturated carbocycles. The molecule has 0 bridgehead atoms. The van der Waals surface area contributed by atoms with Crippen LogP contribution < -0.4 is 20.4 Å². The summed E-state index contributed by atoms with van der Waals surface area (Å²) in [5.74, 6) is 1.11. The molecule has 1 aromatic heterocycles. The van der Waals surface area contributed by atoms with Crippen LogP contribution >= 0.6 is 0 Å². The van der Waals surface area contributed by atoms with E-state index < -0.39 is 11.7 Å². The molecule has 2 aliphatic rings. The van der Waals surface area contributed by atoms with E-state index in [4.69, 9.17) is 0 Å². The molecule has 1 aromatic carbocycles. The number of rotatable bonds is 4. The third-order valence-corrected chi connectivity index (χ3v) is 5.97. The highest BCUT2D eigenvalue weighted by molar-refractivity contribution is 6.00. The number of aryl methyl sites for hydroxylation is 1. The van der Waals surface area contributed by atoms with Gasteiger partial charge in [-0.05, 0) is 50.5 Å². The molecule has 7 nitrogen and oxygen atoms in total. The number of benzene rings is 1. The van der Waals surface area contributed by atoms with Crippen molar-refractivity contribution in [2.24, 2.45) is 0 Å². The monoisotopic (exact) mass is 434 g/mol. The van der Waals surface area contributed by atoms with Crippen LogP contribution in [-0.4, -0.2) is 48.6 Å². The van der Waals surface area contributed by atoms with E-state index in [9.17, 15) is 18.0 Å². The third kappa shape index (κ3) is 4.38. The third-order valence-electron chi connectivity index (χ3n) is 5.97. The SMILES string of the molecule is Cc1nc(N[C@@H]2CC[C@@H](N(C)c3ccc(C(F)(F)F)cc3)C2)nc2c1NC(=O)CN2C. The second-order valence-corrected chi connectivity index (χ2v) is 8.20. The predicted molar refractivity (Wildman–Crippen MR) is 114 cm³/mol. The van der Waals surface area contributed by atoms with Gasteiger partial charge in [-0.3, -0.25) is 4.79 Å². The zero-order valence-electron chi connectivity index (χ0n) is 17.6. The molecule has 1 amide bonds. The maximum absolute atomic E-state index is 12.8. The van der Waals surface area contributed by atoms with Gasteiger partial charge in [0.15, 0.2) is 5.82 Å². The topological polar surface area (TPSA) is 73.4 Å². The Bertz CT molecular complexity index is 978. The molecule has 1 fully saturated rings. The first-order valence-electron chi connectivity index (χ1n) is 10.2. The smallest absolute Gasteiger partial charge is 0.372 e.